The number of aliphatic imine (C=N–C) groups is 1. The van der Waals surface area contributed by atoms with Crippen molar-refractivity contribution in [2.75, 3.05) is 52.4 Å². The van der Waals surface area contributed by atoms with Gasteiger partial charge in [0.25, 0.3) is 0 Å². The molecule has 0 bridgehead atoms. The zero-order valence-electron chi connectivity index (χ0n) is 16.5. The predicted octanol–water partition coefficient (Wildman–Crippen LogP) is 3.56. The first-order valence-electron chi connectivity index (χ1n) is 9.10. The molecule has 0 aliphatic heterocycles. The quantitative estimate of drug-likeness (QED) is 0.200. The first-order valence-corrected chi connectivity index (χ1v) is 9.10. The monoisotopic (exact) mass is 503 g/mol. The Morgan fingerprint density at radius 3 is 2.68 bits per heavy atom. The summed E-state index contributed by atoms with van der Waals surface area (Å²) in [6, 6.07) is 11.7. The van der Waals surface area contributed by atoms with Crippen molar-refractivity contribution in [2.24, 2.45) is 4.99 Å². The van der Waals surface area contributed by atoms with E-state index in [0.717, 1.165) is 30.0 Å². The van der Waals surface area contributed by atoms with Gasteiger partial charge in [-0.05, 0) is 24.3 Å². The lowest BCUT2D eigenvalue weighted by atomic mass is 10.3. The van der Waals surface area contributed by atoms with Crippen LogP contribution in [0.2, 0.25) is 0 Å². The standard InChI is InChI=1S/C20H29N3O4.HI/c1-24-12-5-14-27-19-7-3-6-17(16-19)23-20(22-11-15-25-2)21-10-9-18-8-4-13-26-18;/h3-4,6-8,13,16H,5,9-12,14-15H2,1-2H3,(H2,21,22,23);1H. The summed E-state index contributed by atoms with van der Waals surface area (Å²) in [6.45, 7) is 3.15. The fourth-order valence-corrected chi connectivity index (χ4v) is 2.34. The van der Waals surface area contributed by atoms with E-state index in [9.17, 15) is 0 Å². The number of hydrogen-bond acceptors (Lipinski definition) is 5. The summed E-state index contributed by atoms with van der Waals surface area (Å²) in [4.78, 5) is 4.53. The molecule has 2 rings (SSSR count). The van der Waals surface area contributed by atoms with E-state index in [2.05, 4.69) is 15.6 Å². The number of benzene rings is 1. The van der Waals surface area contributed by atoms with Crippen LogP contribution in [0.25, 0.3) is 0 Å². The van der Waals surface area contributed by atoms with Crippen LogP contribution in [0.5, 0.6) is 5.75 Å². The van der Waals surface area contributed by atoms with Crippen molar-refractivity contribution in [1.82, 2.24) is 5.32 Å². The lowest BCUT2D eigenvalue weighted by Crippen LogP contribution is -2.32. The second-order valence-corrected chi connectivity index (χ2v) is 5.83. The molecule has 1 aromatic heterocycles. The van der Waals surface area contributed by atoms with Gasteiger partial charge in [0.05, 0.1) is 26.0 Å². The maximum Gasteiger partial charge on any atom is 0.195 e. The van der Waals surface area contributed by atoms with Crippen molar-refractivity contribution in [3.63, 3.8) is 0 Å². The number of ether oxygens (including phenoxy) is 3. The van der Waals surface area contributed by atoms with Crippen molar-refractivity contribution in [3.05, 3.63) is 48.4 Å². The van der Waals surface area contributed by atoms with Gasteiger partial charge in [0, 0.05) is 52.0 Å². The number of rotatable bonds is 12. The third-order valence-electron chi connectivity index (χ3n) is 3.67. The van der Waals surface area contributed by atoms with Crippen molar-refractivity contribution in [2.45, 2.75) is 12.8 Å². The summed E-state index contributed by atoms with van der Waals surface area (Å²) < 4.78 is 21.2. The second kappa shape index (κ2) is 15.2. The van der Waals surface area contributed by atoms with E-state index >= 15 is 0 Å². The molecule has 1 aromatic carbocycles. The van der Waals surface area contributed by atoms with Gasteiger partial charge in [-0.3, -0.25) is 4.99 Å². The molecule has 0 unspecified atom stereocenters. The van der Waals surface area contributed by atoms with Gasteiger partial charge < -0.3 is 29.3 Å². The first-order chi connectivity index (χ1) is 13.3. The summed E-state index contributed by atoms with van der Waals surface area (Å²) >= 11 is 0. The van der Waals surface area contributed by atoms with Gasteiger partial charge in [0.1, 0.15) is 11.5 Å². The molecule has 2 N–H and O–H groups in total. The van der Waals surface area contributed by atoms with Gasteiger partial charge in [-0.15, -0.1) is 24.0 Å². The van der Waals surface area contributed by atoms with Crippen LogP contribution in [0.3, 0.4) is 0 Å². The molecule has 156 valence electrons. The summed E-state index contributed by atoms with van der Waals surface area (Å²) in [5.74, 6) is 2.43. The number of nitrogens with zero attached hydrogens (tertiary/aromatic N) is 1. The fourth-order valence-electron chi connectivity index (χ4n) is 2.34. The molecule has 0 saturated heterocycles. The molecule has 0 radical (unpaired) electrons. The number of guanidine groups is 1. The average molecular weight is 503 g/mol. The molecule has 0 fully saturated rings. The molecule has 7 nitrogen and oxygen atoms in total. The van der Waals surface area contributed by atoms with Gasteiger partial charge in [0.15, 0.2) is 5.96 Å². The number of methoxy groups -OCH3 is 2. The molecule has 0 aliphatic rings. The first kappa shape index (κ1) is 24.3. The molecule has 8 heteroatoms. The van der Waals surface area contributed by atoms with Crippen LogP contribution in [0.15, 0.2) is 52.1 Å². The minimum atomic E-state index is 0. The fraction of sp³-hybridized carbons (Fsp3) is 0.450. The van der Waals surface area contributed by atoms with Crippen LogP contribution in [0, 0.1) is 0 Å². The number of furan rings is 1. The van der Waals surface area contributed by atoms with Gasteiger partial charge in [-0.25, -0.2) is 0 Å². The molecule has 1 heterocycles. The largest absolute Gasteiger partial charge is 0.493 e. The average Bonchev–Trinajstić information content (AvgIpc) is 3.19. The van der Waals surface area contributed by atoms with Crippen LogP contribution < -0.4 is 15.4 Å². The molecular weight excluding hydrogens is 473 g/mol. The van der Waals surface area contributed by atoms with Crippen LogP contribution in [-0.2, 0) is 15.9 Å². The third-order valence-corrected chi connectivity index (χ3v) is 3.67. The van der Waals surface area contributed by atoms with E-state index in [1.165, 1.54) is 0 Å². The zero-order chi connectivity index (χ0) is 19.2. The number of halogens is 1. The van der Waals surface area contributed by atoms with E-state index < -0.39 is 0 Å². The molecular formula is C20H30IN3O4. The SMILES string of the molecule is COCCCOc1cccc(NC(=NCCOC)NCCc2ccco2)c1.I. The van der Waals surface area contributed by atoms with Crippen LogP contribution in [-0.4, -0.2) is 53.1 Å². The highest BCUT2D eigenvalue weighted by Gasteiger charge is 2.03. The molecule has 2 aromatic rings. The predicted molar refractivity (Wildman–Crippen MR) is 122 cm³/mol. The maximum absolute atomic E-state index is 5.75. The Kier molecular flexibility index (Phi) is 13.2. The molecule has 0 aliphatic carbocycles. The van der Waals surface area contributed by atoms with Crippen molar-refractivity contribution in [1.29, 1.82) is 0 Å². The molecule has 0 amide bonds. The summed E-state index contributed by atoms with van der Waals surface area (Å²) in [5.41, 5.74) is 0.904. The smallest absolute Gasteiger partial charge is 0.195 e. The molecule has 0 saturated carbocycles. The Labute approximate surface area is 183 Å². The topological polar surface area (TPSA) is 77.2 Å². The van der Waals surface area contributed by atoms with Crippen LogP contribution in [0.1, 0.15) is 12.2 Å². The second-order valence-electron chi connectivity index (χ2n) is 5.83. The Bertz CT molecular complexity index is 665. The van der Waals surface area contributed by atoms with E-state index in [0.29, 0.717) is 38.9 Å². The highest BCUT2D eigenvalue weighted by molar-refractivity contribution is 14.0. The van der Waals surface area contributed by atoms with Gasteiger partial charge >= 0.3 is 0 Å². The molecule has 0 atom stereocenters. The van der Waals surface area contributed by atoms with Gasteiger partial charge in [0.2, 0.25) is 0 Å². The summed E-state index contributed by atoms with van der Waals surface area (Å²) in [6.07, 6.45) is 3.31. The Hall–Kier alpha value is -1.78. The van der Waals surface area contributed by atoms with Gasteiger partial charge in [-0.2, -0.15) is 0 Å². The van der Waals surface area contributed by atoms with Gasteiger partial charge in [-0.1, -0.05) is 6.07 Å². The minimum Gasteiger partial charge on any atom is -0.493 e. The Balaban J connectivity index is 0.00000392. The maximum atomic E-state index is 5.75. The van der Waals surface area contributed by atoms with Crippen LogP contribution in [0.4, 0.5) is 5.69 Å². The van der Waals surface area contributed by atoms with E-state index in [-0.39, 0.29) is 24.0 Å². The Morgan fingerprint density at radius 2 is 1.93 bits per heavy atom. The summed E-state index contributed by atoms with van der Waals surface area (Å²) in [5, 5.41) is 6.62. The van der Waals surface area contributed by atoms with Crippen molar-refractivity contribution >= 4 is 35.6 Å². The third kappa shape index (κ3) is 9.95. The number of hydrogen-bond donors (Lipinski definition) is 2. The van der Waals surface area contributed by atoms with Crippen LogP contribution >= 0.6 is 24.0 Å². The van der Waals surface area contributed by atoms with Crippen molar-refractivity contribution < 1.29 is 18.6 Å². The minimum absolute atomic E-state index is 0. The Morgan fingerprint density at radius 1 is 1.07 bits per heavy atom. The van der Waals surface area contributed by atoms with E-state index in [1.807, 2.05) is 36.4 Å². The normalized spacial score (nSPS) is 11.0. The highest BCUT2D eigenvalue weighted by Crippen LogP contribution is 2.17. The van der Waals surface area contributed by atoms with E-state index in [1.54, 1.807) is 20.5 Å². The molecule has 28 heavy (non-hydrogen) atoms. The highest BCUT2D eigenvalue weighted by atomic mass is 127. The van der Waals surface area contributed by atoms with E-state index in [4.69, 9.17) is 18.6 Å². The van der Waals surface area contributed by atoms with Crippen molar-refractivity contribution in [3.8, 4) is 5.75 Å². The lowest BCUT2D eigenvalue weighted by Gasteiger charge is -2.13. The number of anilines is 1. The molecule has 0 spiro atoms. The number of nitrogens with one attached hydrogen (secondary N) is 2. The summed E-state index contributed by atoms with van der Waals surface area (Å²) in [7, 11) is 3.35. The zero-order valence-corrected chi connectivity index (χ0v) is 18.8. The lowest BCUT2D eigenvalue weighted by molar-refractivity contribution is 0.172.